The van der Waals surface area contributed by atoms with E-state index in [4.69, 9.17) is 4.74 Å². The minimum absolute atomic E-state index is 0.0190. The molecule has 18 heavy (non-hydrogen) atoms. The fraction of sp³-hybridized carbons (Fsp3) is 0.0833. The number of nitro benzene ring substituents is 1. The third kappa shape index (κ3) is 2.54. The molecule has 2 rings (SSSR count). The van der Waals surface area contributed by atoms with E-state index in [9.17, 15) is 10.1 Å². The Bertz CT molecular complexity index is 576. The first kappa shape index (κ1) is 11.8. The van der Waals surface area contributed by atoms with Crippen molar-refractivity contribution in [2.45, 2.75) is 0 Å². The molecule has 0 aliphatic carbocycles. The average Bonchev–Trinajstić information content (AvgIpc) is 2.89. The number of aromatic amines is 1. The molecule has 2 aromatic rings. The van der Waals surface area contributed by atoms with Gasteiger partial charge >= 0.3 is 0 Å². The summed E-state index contributed by atoms with van der Waals surface area (Å²) in [7, 11) is 1.49. The number of benzene rings is 1. The lowest BCUT2D eigenvalue weighted by molar-refractivity contribution is -0.384. The summed E-state index contributed by atoms with van der Waals surface area (Å²) in [5, 5.41) is 10.7. The topological polar surface area (TPSA) is 80.5 Å². The number of rotatable bonds is 4. The number of non-ortho nitro benzene ring substituents is 1. The molecule has 6 heteroatoms. The summed E-state index contributed by atoms with van der Waals surface area (Å²) >= 11 is 0. The third-order valence-corrected chi connectivity index (χ3v) is 2.34. The molecular weight excluding hydrogens is 234 g/mol. The molecule has 0 unspecified atom stereocenters. The van der Waals surface area contributed by atoms with Crippen LogP contribution < -0.4 is 4.74 Å². The van der Waals surface area contributed by atoms with Crippen LogP contribution in [0, 0.1) is 10.1 Å². The van der Waals surface area contributed by atoms with Gasteiger partial charge in [-0.15, -0.1) is 0 Å². The van der Waals surface area contributed by atoms with Crippen LogP contribution in [0.1, 0.15) is 5.69 Å². The fourth-order valence-electron chi connectivity index (χ4n) is 1.46. The van der Waals surface area contributed by atoms with Crippen LogP contribution in [-0.2, 0) is 0 Å². The van der Waals surface area contributed by atoms with Gasteiger partial charge in [-0.25, -0.2) is 0 Å². The number of methoxy groups -OCH3 is 1. The first-order valence-electron chi connectivity index (χ1n) is 5.20. The van der Waals surface area contributed by atoms with Crippen molar-refractivity contribution in [2.75, 3.05) is 7.11 Å². The summed E-state index contributed by atoms with van der Waals surface area (Å²) in [6, 6.07) is 7.96. The van der Waals surface area contributed by atoms with Gasteiger partial charge in [0.1, 0.15) is 11.4 Å². The molecule has 92 valence electrons. The number of aliphatic imine (C=N–C) groups is 1. The predicted octanol–water partition coefficient (Wildman–Crippen LogP) is 2.68. The van der Waals surface area contributed by atoms with Crippen LogP contribution in [0.15, 0.2) is 41.5 Å². The number of hydrogen-bond donors (Lipinski definition) is 1. The fourth-order valence-corrected chi connectivity index (χ4v) is 1.46. The number of H-pyrrole nitrogens is 1. The molecule has 0 aliphatic rings. The van der Waals surface area contributed by atoms with E-state index in [0.717, 1.165) is 5.69 Å². The Morgan fingerprint density at radius 2 is 2.28 bits per heavy atom. The van der Waals surface area contributed by atoms with Gasteiger partial charge in [-0.2, -0.15) is 0 Å². The molecule has 6 nitrogen and oxygen atoms in total. The molecule has 0 amide bonds. The van der Waals surface area contributed by atoms with Gasteiger partial charge in [0.05, 0.1) is 23.9 Å². The van der Waals surface area contributed by atoms with Crippen molar-refractivity contribution in [1.82, 2.24) is 4.98 Å². The van der Waals surface area contributed by atoms with Crippen molar-refractivity contribution < 1.29 is 9.66 Å². The minimum atomic E-state index is -0.465. The maximum Gasteiger partial charge on any atom is 0.271 e. The SMILES string of the molecule is COc1ccc([N+](=O)[O-])cc1N=Cc1ccc[nH]1. The highest BCUT2D eigenvalue weighted by Crippen LogP contribution is 2.31. The minimum Gasteiger partial charge on any atom is -0.494 e. The molecule has 0 spiro atoms. The van der Waals surface area contributed by atoms with Gasteiger partial charge in [0, 0.05) is 18.3 Å². The van der Waals surface area contributed by atoms with Gasteiger partial charge in [-0.3, -0.25) is 15.1 Å². The Kier molecular flexibility index (Phi) is 3.38. The zero-order chi connectivity index (χ0) is 13.0. The van der Waals surface area contributed by atoms with Crippen LogP contribution in [0.3, 0.4) is 0 Å². The standard InChI is InChI=1S/C12H11N3O3/c1-18-12-5-4-10(15(16)17)7-11(12)14-8-9-3-2-6-13-9/h2-8,13H,1H3. The number of nitrogens with zero attached hydrogens (tertiary/aromatic N) is 2. The van der Waals surface area contributed by atoms with Gasteiger partial charge in [0.15, 0.2) is 0 Å². The highest BCUT2D eigenvalue weighted by Gasteiger charge is 2.10. The van der Waals surface area contributed by atoms with Crippen LogP contribution in [0.25, 0.3) is 0 Å². The lowest BCUT2D eigenvalue weighted by Gasteiger charge is -2.03. The van der Waals surface area contributed by atoms with E-state index < -0.39 is 4.92 Å². The van der Waals surface area contributed by atoms with E-state index in [1.54, 1.807) is 12.4 Å². The molecule has 0 saturated heterocycles. The number of nitro groups is 1. The van der Waals surface area contributed by atoms with Gasteiger partial charge in [0.25, 0.3) is 5.69 Å². The van der Waals surface area contributed by atoms with E-state index >= 15 is 0 Å². The Morgan fingerprint density at radius 3 is 2.89 bits per heavy atom. The van der Waals surface area contributed by atoms with Crippen LogP contribution >= 0.6 is 0 Å². The lowest BCUT2D eigenvalue weighted by Crippen LogP contribution is -1.90. The molecule has 0 bridgehead atoms. The number of nitrogens with one attached hydrogen (secondary N) is 1. The van der Waals surface area contributed by atoms with Crippen molar-refractivity contribution >= 4 is 17.6 Å². The van der Waals surface area contributed by atoms with Gasteiger partial charge in [0.2, 0.25) is 0 Å². The summed E-state index contributed by atoms with van der Waals surface area (Å²) in [6.45, 7) is 0. The normalized spacial score (nSPS) is 10.7. The summed E-state index contributed by atoms with van der Waals surface area (Å²) in [5.41, 5.74) is 1.21. The maximum absolute atomic E-state index is 10.7. The quantitative estimate of drug-likeness (QED) is 0.510. The van der Waals surface area contributed by atoms with E-state index in [1.165, 1.54) is 25.3 Å². The van der Waals surface area contributed by atoms with Crippen molar-refractivity contribution in [2.24, 2.45) is 4.99 Å². The smallest absolute Gasteiger partial charge is 0.271 e. The molecule has 1 N–H and O–H groups in total. The zero-order valence-corrected chi connectivity index (χ0v) is 9.66. The summed E-state index contributed by atoms with van der Waals surface area (Å²) in [5.74, 6) is 0.489. The summed E-state index contributed by atoms with van der Waals surface area (Å²) < 4.78 is 5.10. The molecule has 1 aromatic heterocycles. The van der Waals surface area contributed by atoms with Crippen LogP contribution in [-0.4, -0.2) is 23.2 Å². The zero-order valence-electron chi connectivity index (χ0n) is 9.66. The van der Waals surface area contributed by atoms with Crippen molar-refractivity contribution in [3.05, 3.63) is 52.3 Å². The van der Waals surface area contributed by atoms with Crippen molar-refractivity contribution in [3.63, 3.8) is 0 Å². The number of hydrogen-bond acceptors (Lipinski definition) is 4. The maximum atomic E-state index is 10.7. The lowest BCUT2D eigenvalue weighted by atomic mass is 10.2. The van der Waals surface area contributed by atoms with Crippen molar-refractivity contribution in [1.29, 1.82) is 0 Å². The molecule has 0 radical (unpaired) electrons. The molecule has 1 aromatic carbocycles. The highest BCUT2D eigenvalue weighted by molar-refractivity contribution is 5.81. The first-order chi connectivity index (χ1) is 8.70. The van der Waals surface area contributed by atoms with Crippen LogP contribution in [0.2, 0.25) is 0 Å². The van der Waals surface area contributed by atoms with E-state index in [0.29, 0.717) is 11.4 Å². The summed E-state index contributed by atoms with van der Waals surface area (Å²) in [6.07, 6.45) is 3.35. The van der Waals surface area contributed by atoms with Crippen molar-refractivity contribution in [3.8, 4) is 5.75 Å². The summed E-state index contributed by atoms with van der Waals surface area (Å²) in [4.78, 5) is 17.4. The van der Waals surface area contributed by atoms with E-state index in [2.05, 4.69) is 9.98 Å². The van der Waals surface area contributed by atoms with E-state index in [-0.39, 0.29) is 5.69 Å². The monoisotopic (exact) mass is 245 g/mol. The van der Waals surface area contributed by atoms with Gasteiger partial charge < -0.3 is 9.72 Å². The third-order valence-electron chi connectivity index (χ3n) is 2.34. The molecule has 1 heterocycles. The number of aromatic nitrogens is 1. The Balaban J connectivity index is 2.35. The van der Waals surface area contributed by atoms with Gasteiger partial charge in [-0.05, 0) is 18.2 Å². The van der Waals surface area contributed by atoms with Gasteiger partial charge in [-0.1, -0.05) is 0 Å². The largest absolute Gasteiger partial charge is 0.494 e. The first-order valence-corrected chi connectivity index (χ1v) is 5.20. The molecule has 0 fully saturated rings. The predicted molar refractivity (Wildman–Crippen MR) is 67.7 cm³/mol. The second kappa shape index (κ2) is 5.13. The second-order valence-electron chi connectivity index (χ2n) is 3.50. The highest BCUT2D eigenvalue weighted by atomic mass is 16.6. The average molecular weight is 245 g/mol. The molecular formula is C12H11N3O3. The Morgan fingerprint density at radius 1 is 1.44 bits per heavy atom. The second-order valence-corrected chi connectivity index (χ2v) is 3.50. The number of ether oxygens (including phenoxy) is 1. The molecule has 0 atom stereocenters. The molecule has 0 saturated carbocycles. The van der Waals surface area contributed by atoms with E-state index in [1.807, 2.05) is 12.1 Å². The van der Waals surface area contributed by atoms with Crippen LogP contribution in [0.4, 0.5) is 11.4 Å². The molecule has 0 aliphatic heterocycles. The van der Waals surface area contributed by atoms with Crippen LogP contribution in [0.5, 0.6) is 5.75 Å². The Labute approximate surface area is 103 Å². The Hall–Kier alpha value is -2.63.